The Morgan fingerprint density at radius 3 is 2.50 bits per heavy atom. The number of hydrogen-bond donors (Lipinski definition) is 1. The number of carbonyl (C=O) groups is 2. The molecule has 1 unspecified atom stereocenters. The van der Waals surface area contributed by atoms with Crippen molar-refractivity contribution >= 4 is 34.5 Å². The van der Waals surface area contributed by atoms with E-state index in [1.54, 1.807) is 42.0 Å². The van der Waals surface area contributed by atoms with E-state index < -0.39 is 12.0 Å². The van der Waals surface area contributed by atoms with Gasteiger partial charge in [0.2, 0.25) is 11.7 Å². The summed E-state index contributed by atoms with van der Waals surface area (Å²) in [5.41, 5.74) is 2.32. The first-order chi connectivity index (χ1) is 16.5. The minimum atomic E-state index is -0.636. The van der Waals surface area contributed by atoms with Crippen LogP contribution in [0.15, 0.2) is 48.5 Å². The third-order valence-electron chi connectivity index (χ3n) is 5.71. The topological polar surface area (TPSA) is 99.1 Å². The van der Waals surface area contributed by atoms with E-state index in [4.69, 9.17) is 14.3 Å². The lowest BCUT2D eigenvalue weighted by molar-refractivity contribution is -0.143. The molecule has 0 bridgehead atoms. The molecule has 34 heavy (non-hydrogen) atoms. The van der Waals surface area contributed by atoms with Crippen LogP contribution >= 0.6 is 0 Å². The minimum Gasteiger partial charge on any atom is -0.497 e. The number of aromatic nitrogens is 1. The largest absolute Gasteiger partial charge is 0.497 e. The van der Waals surface area contributed by atoms with Gasteiger partial charge in [0.25, 0.3) is 0 Å². The van der Waals surface area contributed by atoms with E-state index in [0.29, 0.717) is 30.2 Å². The Morgan fingerprint density at radius 2 is 1.85 bits per heavy atom. The molecule has 1 aliphatic heterocycles. The predicted octanol–water partition coefficient (Wildman–Crippen LogP) is 2.87. The van der Waals surface area contributed by atoms with Crippen LogP contribution in [0.4, 0.5) is 0 Å². The van der Waals surface area contributed by atoms with Crippen molar-refractivity contribution in [1.82, 2.24) is 14.9 Å². The van der Waals surface area contributed by atoms with Crippen LogP contribution in [-0.4, -0.2) is 48.2 Å². The highest BCUT2D eigenvalue weighted by Crippen LogP contribution is 2.45. The van der Waals surface area contributed by atoms with Crippen LogP contribution in [0.2, 0.25) is 0 Å². The van der Waals surface area contributed by atoms with Gasteiger partial charge >= 0.3 is 5.97 Å². The van der Waals surface area contributed by atoms with Crippen LogP contribution in [-0.2, 0) is 25.6 Å². The number of rotatable bonds is 8. The van der Waals surface area contributed by atoms with Gasteiger partial charge in [-0.1, -0.05) is 18.2 Å². The molecule has 9 nitrogen and oxygen atoms in total. The van der Waals surface area contributed by atoms with E-state index in [0.717, 1.165) is 16.5 Å². The molecule has 0 aliphatic carbocycles. The fourth-order valence-electron chi connectivity index (χ4n) is 4.35. The van der Waals surface area contributed by atoms with Gasteiger partial charge in [-0.25, -0.2) is 9.86 Å². The lowest BCUT2D eigenvalue weighted by Gasteiger charge is -2.23. The number of nitrogens with zero attached hydrogens (tertiary/aromatic N) is 2. The number of ether oxygens (including phenoxy) is 2. The van der Waals surface area contributed by atoms with Crippen LogP contribution < -0.4 is 14.8 Å². The molecule has 4 rings (SSSR count). The average molecular weight is 463 g/mol. The van der Waals surface area contributed by atoms with Gasteiger partial charge in [-0.15, -0.1) is 0 Å². The van der Waals surface area contributed by atoms with Gasteiger partial charge in [0.1, 0.15) is 17.5 Å². The van der Waals surface area contributed by atoms with Crippen LogP contribution in [0.1, 0.15) is 30.6 Å². The second kappa shape index (κ2) is 9.82. The Balaban J connectivity index is 1.80. The lowest BCUT2D eigenvalue weighted by Crippen LogP contribution is -2.26. The van der Waals surface area contributed by atoms with Gasteiger partial charge in [0.15, 0.2) is 5.94 Å². The molecule has 9 heteroatoms. The molecule has 1 aliphatic rings. The van der Waals surface area contributed by atoms with Crippen molar-refractivity contribution in [1.29, 1.82) is 0 Å². The van der Waals surface area contributed by atoms with Crippen LogP contribution in [0.3, 0.4) is 0 Å². The highest BCUT2D eigenvalue weighted by atomic mass is 16.7. The Morgan fingerprint density at radius 1 is 1.09 bits per heavy atom. The zero-order valence-corrected chi connectivity index (χ0v) is 19.2. The second-order valence-electron chi connectivity index (χ2n) is 7.76. The predicted molar refractivity (Wildman–Crippen MR) is 125 cm³/mol. The Hall–Kier alpha value is -4.07. The number of amides is 1. The van der Waals surface area contributed by atoms with Crippen molar-refractivity contribution in [3.05, 3.63) is 59.8 Å². The summed E-state index contributed by atoms with van der Waals surface area (Å²) in [6.45, 7) is 1.83. The van der Waals surface area contributed by atoms with Crippen molar-refractivity contribution in [3.8, 4) is 11.5 Å². The molecule has 1 atom stereocenters. The van der Waals surface area contributed by atoms with Crippen molar-refractivity contribution in [2.75, 3.05) is 20.8 Å². The van der Waals surface area contributed by atoms with Gasteiger partial charge in [0.05, 0.1) is 31.9 Å². The molecule has 2 aromatic carbocycles. The van der Waals surface area contributed by atoms with E-state index >= 15 is 0 Å². The highest BCUT2D eigenvalue weighted by Gasteiger charge is 2.41. The van der Waals surface area contributed by atoms with E-state index in [1.165, 1.54) is 19.1 Å². The summed E-state index contributed by atoms with van der Waals surface area (Å²) in [5.74, 6) is 2.55. The fraction of sp³-hybridized carbons (Fsp3) is 0.280. The normalized spacial score (nSPS) is 14.6. The number of fused-ring (bicyclic) bond motifs is 3. The Kier molecular flexibility index (Phi) is 6.67. The quantitative estimate of drug-likeness (QED) is 0.312. The summed E-state index contributed by atoms with van der Waals surface area (Å²) in [6, 6.07) is 13.6. The molecule has 0 spiro atoms. The zero-order chi connectivity index (χ0) is 24.2. The van der Waals surface area contributed by atoms with Crippen molar-refractivity contribution in [2.24, 2.45) is 0 Å². The lowest BCUT2D eigenvalue weighted by atomic mass is 10.0. The summed E-state index contributed by atoms with van der Waals surface area (Å²) < 4.78 is 12.6. The summed E-state index contributed by atoms with van der Waals surface area (Å²) in [6.07, 6.45) is 0.397. The monoisotopic (exact) mass is 463 g/mol. The van der Waals surface area contributed by atoms with Crippen molar-refractivity contribution < 1.29 is 28.7 Å². The van der Waals surface area contributed by atoms with Gasteiger partial charge in [-0.05, 0) is 42.3 Å². The third kappa shape index (κ3) is 4.26. The zero-order valence-electron chi connectivity index (χ0n) is 19.2. The number of carbonyl (C=O) groups excluding carboxylic acids is 3. The van der Waals surface area contributed by atoms with E-state index in [1.807, 2.05) is 24.1 Å². The van der Waals surface area contributed by atoms with Gasteiger partial charge in [-0.2, -0.15) is 0 Å². The van der Waals surface area contributed by atoms with E-state index in [-0.39, 0.29) is 18.1 Å². The number of methoxy groups -OCH3 is 1. The second-order valence-corrected chi connectivity index (χ2v) is 7.76. The molecule has 1 aromatic heterocycles. The number of esters is 1. The van der Waals surface area contributed by atoms with Gasteiger partial charge < -0.3 is 14.8 Å². The highest BCUT2D eigenvalue weighted by molar-refractivity contribution is 5.95. The Labute approximate surface area is 196 Å². The summed E-state index contributed by atoms with van der Waals surface area (Å²) in [4.78, 5) is 41.9. The molecular weight excluding hydrogens is 438 g/mol. The van der Waals surface area contributed by atoms with Crippen molar-refractivity contribution in [3.63, 3.8) is 0 Å². The molecule has 0 fully saturated rings. The van der Waals surface area contributed by atoms with Crippen LogP contribution in [0.5, 0.6) is 11.5 Å². The standard InChI is InChI=1S/C25H25N3O6/c1-16(30)26-12-11-19-20-13-18(32-2)9-10-21(20)27-23(15-29)28(33-3)22(25(19)27)14-24(31)34-17-7-5-4-6-8-17/h4-10,13,22H,11-12,14H2,1-3H3,(H,26,30). The molecular formula is C25H25N3O6. The molecule has 3 aromatic rings. The fourth-order valence-corrected chi connectivity index (χ4v) is 4.35. The maximum absolute atomic E-state index is 12.9. The summed E-state index contributed by atoms with van der Waals surface area (Å²) >= 11 is 0. The number of hydroxylamine groups is 2. The molecule has 2 heterocycles. The smallest absolute Gasteiger partial charge is 0.313 e. The summed E-state index contributed by atoms with van der Waals surface area (Å²) in [7, 11) is 3.01. The van der Waals surface area contributed by atoms with E-state index in [2.05, 4.69) is 5.32 Å². The first-order valence-electron chi connectivity index (χ1n) is 10.8. The number of nitrogens with one attached hydrogen (secondary N) is 1. The van der Waals surface area contributed by atoms with Gasteiger partial charge in [-0.3, -0.25) is 19.0 Å². The van der Waals surface area contributed by atoms with E-state index in [9.17, 15) is 14.4 Å². The number of hydrogen-bond acceptors (Lipinski definition) is 7. The van der Waals surface area contributed by atoms with Crippen LogP contribution in [0.25, 0.3) is 16.7 Å². The first-order valence-corrected chi connectivity index (χ1v) is 10.8. The molecule has 1 amide bonds. The SMILES string of the molecule is COc1ccc2c(c1)c(CCNC(C)=O)c1n2C(=C=O)N(OC)C1CC(=O)Oc1ccccc1. The maximum atomic E-state index is 12.9. The molecule has 176 valence electrons. The van der Waals surface area contributed by atoms with Gasteiger partial charge in [0, 0.05) is 18.9 Å². The summed E-state index contributed by atoms with van der Waals surface area (Å²) in [5, 5.41) is 5.03. The molecule has 0 radical (unpaired) electrons. The average Bonchev–Trinajstić information content (AvgIpc) is 3.31. The number of benzene rings is 2. The third-order valence-corrected chi connectivity index (χ3v) is 5.71. The Bertz CT molecular complexity index is 1280. The van der Waals surface area contributed by atoms with Crippen molar-refractivity contribution in [2.45, 2.75) is 25.8 Å². The number of para-hydroxylation sites is 1. The maximum Gasteiger partial charge on any atom is 0.313 e. The first kappa shape index (κ1) is 23.1. The molecule has 0 saturated carbocycles. The van der Waals surface area contributed by atoms with Crippen LogP contribution in [0, 0.1) is 0 Å². The molecule has 0 saturated heterocycles. The minimum absolute atomic E-state index is 0.0749. The molecule has 1 N–H and O–H groups in total.